The predicted octanol–water partition coefficient (Wildman–Crippen LogP) is 5.44. The molecule has 2 aliphatic carbocycles. The summed E-state index contributed by atoms with van der Waals surface area (Å²) in [6, 6.07) is 13.2. The van der Waals surface area contributed by atoms with Crippen LogP contribution in [0.2, 0.25) is 0 Å². The van der Waals surface area contributed by atoms with Crippen molar-refractivity contribution in [2.75, 3.05) is 20.0 Å². The van der Waals surface area contributed by atoms with Gasteiger partial charge in [-0.05, 0) is 77.1 Å². The van der Waals surface area contributed by atoms with E-state index in [2.05, 4.69) is 64.1 Å². The van der Waals surface area contributed by atoms with Crippen LogP contribution in [0.25, 0.3) is 0 Å². The van der Waals surface area contributed by atoms with Crippen molar-refractivity contribution >= 4 is 0 Å². The number of epoxide rings is 1. The molecule has 1 heterocycles. The molecule has 2 aromatic rings. The van der Waals surface area contributed by atoms with E-state index in [0.717, 1.165) is 24.3 Å². The van der Waals surface area contributed by atoms with Crippen molar-refractivity contribution in [1.82, 2.24) is 0 Å². The Morgan fingerprint density at radius 3 is 2.00 bits per heavy atom. The molecule has 0 aromatic heterocycles. The standard InChI is InChI=1S/C26H32O4/c1-6-27-16-29-17-7-9-19-21(11-17)26(14-24(19,2)3)15-25(4,5)20-10-8-18(12-22(20)26)30-23-13-28-23/h7-12,23H,6,13-16H2,1-5H3. The normalized spacial score (nSPS) is 27.0. The van der Waals surface area contributed by atoms with Crippen LogP contribution in [-0.2, 0) is 25.7 Å². The Morgan fingerprint density at radius 2 is 1.43 bits per heavy atom. The summed E-state index contributed by atoms with van der Waals surface area (Å²) < 4.78 is 22.6. The van der Waals surface area contributed by atoms with E-state index in [-0.39, 0.29) is 29.3 Å². The van der Waals surface area contributed by atoms with Crippen LogP contribution in [0.1, 0.15) is 69.7 Å². The SMILES string of the molecule is CCOCOc1ccc2c(c1)C1(CC2(C)C)CC(C)(C)c2ccc(OC3CO3)cc21. The Kier molecular flexibility index (Phi) is 4.46. The van der Waals surface area contributed by atoms with Crippen LogP contribution in [0.15, 0.2) is 36.4 Å². The lowest BCUT2D eigenvalue weighted by Crippen LogP contribution is -2.27. The fourth-order valence-corrected chi connectivity index (χ4v) is 5.92. The van der Waals surface area contributed by atoms with Crippen LogP contribution >= 0.6 is 0 Å². The Balaban J connectivity index is 1.62. The lowest BCUT2D eigenvalue weighted by Gasteiger charge is -2.30. The molecule has 4 heteroatoms. The largest absolute Gasteiger partial charge is 0.468 e. The first kappa shape index (κ1) is 19.9. The molecule has 30 heavy (non-hydrogen) atoms. The van der Waals surface area contributed by atoms with Crippen molar-refractivity contribution in [3.05, 3.63) is 58.7 Å². The van der Waals surface area contributed by atoms with Gasteiger partial charge in [0.1, 0.15) is 18.1 Å². The van der Waals surface area contributed by atoms with Gasteiger partial charge >= 0.3 is 0 Å². The number of rotatable bonds is 6. The van der Waals surface area contributed by atoms with Gasteiger partial charge in [0.05, 0.1) is 0 Å². The summed E-state index contributed by atoms with van der Waals surface area (Å²) in [6.07, 6.45) is 2.09. The lowest BCUT2D eigenvalue weighted by atomic mass is 9.72. The molecule has 2 aromatic carbocycles. The third-order valence-electron chi connectivity index (χ3n) is 7.04. The maximum absolute atomic E-state index is 5.99. The molecule has 1 fully saturated rings. The van der Waals surface area contributed by atoms with Crippen molar-refractivity contribution < 1.29 is 18.9 Å². The molecule has 4 nitrogen and oxygen atoms in total. The topological polar surface area (TPSA) is 40.2 Å². The summed E-state index contributed by atoms with van der Waals surface area (Å²) in [5.74, 6) is 1.78. The predicted molar refractivity (Wildman–Crippen MR) is 116 cm³/mol. The second-order valence-corrected chi connectivity index (χ2v) is 10.3. The van der Waals surface area contributed by atoms with Crippen LogP contribution < -0.4 is 9.47 Å². The van der Waals surface area contributed by atoms with E-state index in [1.54, 1.807) is 0 Å². The molecule has 2 unspecified atom stereocenters. The molecule has 160 valence electrons. The molecule has 1 spiro atoms. The van der Waals surface area contributed by atoms with Gasteiger partial charge in [-0.1, -0.05) is 39.8 Å². The molecule has 0 radical (unpaired) electrons. The minimum Gasteiger partial charge on any atom is -0.468 e. The summed E-state index contributed by atoms with van der Waals surface area (Å²) >= 11 is 0. The van der Waals surface area contributed by atoms with Gasteiger partial charge in [-0.2, -0.15) is 0 Å². The number of hydrogen-bond acceptors (Lipinski definition) is 4. The van der Waals surface area contributed by atoms with Gasteiger partial charge in [-0.15, -0.1) is 0 Å². The first-order valence-corrected chi connectivity index (χ1v) is 11.0. The van der Waals surface area contributed by atoms with Gasteiger partial charge < -0.3 is 18.9 Å². The molecular formula is C26H32O4. The van der Waals surface area contributed by atoms with E-state index in [1.807, 2.05) is 6.92 Å². The van der Waals surface area contributed by atoms with Crippen LogP contribution in [0.5, 0.6) is 11.5 Å². The monoisotopic (exact) mass is 408 g/mol. The minimum atomic E-state index is -0.0840. The van der Waals surface area contributed by atoms with Gasteiger partial charge in [-0.25, -0.2) is 0 Å². The lowest BCUT2D eigenvalue weighted by molar-refractivity contribution is 0.0223. The summed E-state index contributed by atoms with van der Waals surface area (Å²) in [6.45, 7) is 13.1. The van der Waals surface area contributed by atoms with Gasteiger partial charge in [0.15, 0.2) is 6.79 Å². The van der Waals surface area contributed by atoms with Crippen LogP contribution in [-0.4, -0.2) is 26.3 Å². The molecule has 3 aliphatic rings. The number of fused-ring (bicyclic) bond motifs is 4. The molecule has 1 saturated heterocycles. The van der Waals surface area contributed by atoms with Crippen LogP contribution in [0, 0.1) is 0 Å². The zero-order valence-corrected chi connectivity index (χ0v) is 18.7. The molecule has 0 N–H and O–H groups in total. The van der Waals surface area contributed by atoms with E-state index < -0.39 is 0 Å². The van der Waals surface area contributed by atoms with Gasteiger partial charge in [0, 0.05) is 12.0 Å². The zero-order valence-electron chi connectivity index (χ0n) is 18.7. The second kappa shape index (κ2) is 6.73. The summed E-state index contributed by atoms with van der Waals surface area (Å²) in [5, 5.41) is 0. The van der Waals surface area contributed by atoms with Crippen molar-refractivity contribution in [2.45, 2.75) is 70.0 Å². The average Bonchev–Trinajstić information content (AvgIpc) is 3.43. The molecular weight excluding hydrogens is 376 g/mol. The van der Waals surface area contributed by atoms with Crippen molar-refractivity contribution in [3.63, 3.8) is 0 Å². The fourth-order valence-electron chi connectivity index (χ4n) is 5.92. The van der Waals surface area contributed by atoms with E-state index in [1.165, 1.54) is 22.3 Å². The highest BCUT2D eigenvalue weighted by Crippen LogP contribution is 2.63. The minimum absolute atomic E-state index is 0.0353. The van der Waals surface area contributed by atoms with E-state index in [0.29, 0.717) is 13.2 Å². The van der Waals surface area contributed by atoms with Gasteiger partial charge in [-0.3, -0.25) is 0 Å². The second-order valence-electron chi connectivity index (χ2n) is 10.3. The van der Waals surface area contributed by atoms with Crippen molar-refractivity contribution in [1.29, 1.82) is 0 Å². The van der Waals surface area contributed by atoms with Gasteiger partial charge in [0.2, 0.25) is 6.29 Å². The van der Waals surface area contributed by atoms with Crippen LogP contribution in [0.3, 0.4) is 0 Å². The number of hydrogen-bond donors (Lipinski definition) is 0. The molecule has 5 rings (SSSR count). The Morgan fingerprint density at radius 1 is 0.867 bits per heavy atom. The molecule has 1 aliphatic heterocycles. The van der Waals surface area contributed by atoms with E-state index >= 15 is 0 Å². The third-order valence-corrected chi connectivity index (χ3v) is 7.04. The highest BCUT2D eigenvalue weighted by Gasteiger charge is 2.56. The maximum Gasteiger partial charge on any atom is 0.223 e. The van der Waals surface area contributed by atoms with E-state index in [4.69, 9.17) is 18.9 Å². The molecule has 0 saturated carbocycles. The number of benzene rings is 2. The third kappa shape index (κ3) is 3.12. The molecule has 0 bridgehead atoms. The van der Waals surface area contributed by atoms with Gasteiger partial charge in [0.25, 0.3) is 0 Å². The molecule has 2 atom stereocenters. The smallest absolute Gasteiger partial charge is 0.223 e. The fraction of sp³-hybridized carbons (Fsp3) is 0.538. The summed E-state index contributed by atoms with van der Waals surface area (Å²) in [7, 11) is 0. The zero-order chi connectivity index (χ0) is 21.1. The highest BCUT2D eigenvalue weighted by molar-refractivity contribution is 5.61. The Labute approximate surface area is 179 Å². The first-order chi connectivity index (χ1) is 14.2. The first-order valence-electron chi connectivity index (χ1n) is 11.0. The average molecular weight is 409 g/mol. The Hall–Kier alpha value is -2.04. The quantitative estimate of drug-likeness (QED) is 0.362. The summed E-state index contributed by atoms with van der Waals surface area (Å²) in [5.41, 5.74) is 5.81. The molecule has 0 amide bonds. The van der Waals surface area contributed by atoms with Crippen molar-refractivity contribution in [3.8, 4) is 11.5 Å². The highest BCUT2D eigenvalue weighted by atomic mass is 16.8. The Bertz CT molecular complexity index is 969. The summed E-state index contributed by atoms with van der Waals surface area (Å²) in [4.78, 5) is 0. The maximum atomic E-state index is 5.99. The van der Waals surface area contributed by atoms with E-state index in [9.17, 15) is 0 Å². The van der Waals surface area contributed by atoms with Crippen molar-refractivity contribution in [2.24, 2.45) is 0 Å². The van der Waals surface area contributed by atoms with Crippen LogP contribution in [0.4, 0.5) is 0 Å². The number of ether oxygens (including phenoxy) is 4.